The lowest BCUT2D eigenvalue weighted by molar-refractivity contribution is -0.141. The predicted molar refractivity (Wildman–Crippen MR) is 166 cm³/mol. The van der Waals surface area contributed by atoms with E-state index in [0.717, 1.165) is 40.0 Å². The van der Waals surface area contributed by atoms with E-state index in [4.69, 9.17) is 9.47 Å². The summed E-state index contributed by atoms with van der Waals surface area (Å²) in [5, 5.41) is 22.3. The van der Waals surface area contributed by atoms with Gasteiger partial charge in [-0.2, -0.15) is 13.8 Å². The first-order valence-corrected chi connectivity index (χ1v) is 15.3. The van der Waals surface area contributed by atoms with Crippen LogP contribution in [-0.2, 0) is 38.6 Å². The number of alkyl halides is 2. The molecule has 1 fully saturated rings. The molecule has 0 saturated carbocycles. The summed E-state index contributed by atoms with van der Waals surface area (Å²) < 4.78 is 41.3. The summed E-state index contributed by atoms with van der Waals surface area (Å²) in [6.07, 6.45) is -4.86. The average Bonchev–Trinajstić information content (AvgIpc) is 3.52. The van der Waals surface area contributed by atoms with Gasteiger partial charge in [-0.15, -0.1) is 0 Å². The summed E-state index contributed by atoms with van der Waals surface area (Å²) in [7, 11) is 1.34. The Morgan fingerprint density at radius 2 is 1.85 bits per heavy atom. The van der Waals surface area contributed by atoms with Crippen molar-refractivity contribution < 1.29 is 42.9 Å². The van der Waals surface area contributed by atoms with Crippen LogP contribution < -0.4 is 11.0 Å². The highest BCUT2D eigenvalue weighted by molar-refractivity contribution is 5.93. The van der Waals surface area contributed by atoms with Crippen molar-refractivity contribution in [1.82, 2.24) is 19.0 Å². The first-order valence-electron chi connectivity index (χ1n) is 15.3. The Kier molecular flexibility index (Phi) is 9.09. The van der Waals surface area contributed by atoms with Crippen molar-refractivity contribution in [2.75, 3.05) is 25.6 Å². The van der Waals surface area contributed by atoms with Crippen molar-refractivity contribution in [3.05, 3.63) is 93.7 Å². The molecule has 2 amide bonds. The Morgan fingerprint density at radius 3 is 2.54 bits per heavy atom. The molecule has 6 rings (SSSR count). The van der Waals surface area contributed by atoms with Crippen LogP contribution in [0, 0.1) is 0 Å². The fourth-order valence-corrected chi connectivity index (χ4v) is 6.20. The maximum atomic E-state index is 14.4. The van der Waals surface area contributed by atoms with Gasteiger partial charge in [-0.25, -0.2) is 9.59 Å². The van der Waals surface area contributed by atoms with Gasteiger partial charge in [0.05, 0.1) is 19.3 Å². The van der Waals surface area contributed by atoms with E-state index < -0.39 is 48.5 Å². The molecule has 252 valence electrons. The highest BCUT2D eigenvalue weighted by Crippen LogP contribution is 2.42. The third-order valence-corrected chi connectivity index (χ3v) is 8.71. The number of hydrogen-bond acceptors (Lipinski definition) is 9. The average molecular weight is 666 g/mol. The fourth-order valence-electron chi connectivity index (χ4n) is 6.20. The number of esters is 1. The van der Waals surface area contributed by atoms with E-state index >= 15 is 0 Å². The van der Waals surface area contributed by atoms with Crippen LogP contribution in [0.1, 0.15) is 46.2 Å². The number of anilines is 1. The molecule has 3 N–H and O–H groups in total. The molecule has 2 aromatic carbocycles. The quantitative estimate of drug-likeness (QED) is 0.228. The molecule has 3 unspecified atom stereocenters. The van der Waals surface area contributed by atoms with E-state index in [2.05, 4.69) is 14.9 Å². The third kappa shape index (κ3) is 6.19. The number of carbonyl (C=O) groups excluding carboxylic acids is 3. The maximum absolute atomic E-state index is 14.4. The Hall–Kier alpha value is -4.99. The van der Waals surface area contributed by atoms with Gasteiger partial charge in [0.15, 0.2) is 6.10 Å². The van der Waals surface area contributed by atoms with Crippen LogP contribution in [0.2, 0.25) is 0 Å². The number of aromatic nitrogens is 3. The molecule has 2 aromatic heterocycles. The van der Waals surface area contributed by atoms with Crippen molar-refractivity contribution in [3.8, 4) is 0 Å². The van der Waals surface area contributed by atoms with E-state index in [-0.39, 0.29) is 24.6 Å². The normalized spacial score (nSPS) is 20.0. The molecule has 3 atom stereocenters. The van der Waals surface area contributed by atoms with Gasteiger partial charge in [0.25, 0.3) is 0 Å². The van der Waals surface area contributed by atoms with E-state index in [0.29, 0.717) is 36.2 Å². The SMILES string of the molecule is COC(=O)c1ccc(Cn2c3c(c4ccccc42)CN(C(=O)CCC(=O)Nc2ccn(C4OC(CO)C(O)C4(F)F)c(=O)n2)CC3)cc1. The molecule has 48 heavy (non-hydrogen) atoms. The number of para-hydroxylation sites is 1. The molecule has 0 bridgehead atoms. The number of benzene rings is 2. The van der Waals surface area contributed by atoms with E-state index in [1.807, 2.05) is 36.4 Å². The molecule has 4 aromatic rings. The molecule has 13 nitrogen and oxygen atoms in total. The molecule has 2 aliphatic heterocycles. The number of methoxy groups -OCH3 is 1. The van der Waals surface area contributed by atoms with Gasteiger partial charge in [0.1, 0.15) is 11.9 Å². The van der Waals surface area contributed by atoms with Gasteiger partial charge in [-0.3, -0.25) is 14.2 Å². The first-order chi connectivity index (χ1) is 23.0. The third-order valence-electron chi connectivity index (χ3n) is 8.71. The Labute approximate surface area is 272 Å². The minimum Gasteiger partial charge on any atom is -0.465 e. The van der Waals surface area contributed by atoms with E-state index in [1.54, 1.807) is 17.0 Å². The topological polar surface area (TPSA) is 165 Å². The number of nitrogens with one attached hydrogen (secondary N) is 1. The summed E-state index contributed by atoms with van der Waals surface area (Å²) in [4.78, 5) is 55.5. The van der Waals surface area contributed by atoms with Crippen LogP contribution in [0.25, 0.3) is 10.9 Å². The number of aliphatic hydroxyl groups excluding tert-OH is 2. The lowest BCUT2D eigenvalue weighted by atomic mass is 10.0. The Morgan fingerprint density at radius 1 is 1.10 bits per heavy atom. The van der Waals surface area contributed by atoms with Crippen molar-refractivity contribution in [2.24, 2.45) is 0 Å². The molecule has 2 aliphatic rings. The molecular formula is C33H33F2N5O8. The van der Waals surface area contributed by atoms with Gasteiger partial charge >= 0.3 is 17.6 Å². The summed E-state index contributed by atoms with van der Waals surface area (Å²) in [6, 6.07) is 16.3. The predicted octanol–water partition coefficient (Wildman–Crippen LogP) is 2.22. The molecule has 4 heterocycles. The number of amides is 2. The van der Waals surface area contributed by atoms with Gasteiger partial charge in [-0.1, -0.05) is 30.3 Å². The minimum atomic E-state index is -3.87. The summed E-state index contributed by atoms with van der Waals surface area (Å²) in [5.41, 5.74) is 3.46. The maximum Gasteiger partial charge on any atom is 0.351 e. The van der Waals surface area contributed by atoms with Crippen molar-refractivity contribution in [2.45, 2.75) is 56.7 Å². The molecule has 0 aliphatic carbocycles. The van der Waals surface area contributed by atoms with Gasteiger partial charge in [0, 0.05) is 67.3 Å². The monoisotopic (exact) mass is 665 g/mol. The Balaban J connectivity index is 1.08. The summed E-state index contributed by atoms with van der Waals surface area (Å²) in [6.45, 7) is 0.514. The number of aliphatic hydroxyl groups is 2. The molecule has 0 spiro atoms. The zero-order valence-corrected chi connectivity index (χ0v) is 25.8. The van der Waals surface area contributed by atoms with Crippen molar-refractivity contribution in [1.29, 1.82) is 0 Å². The first kappa shape index (κ1) is 32.9. The van der Waals surface area contributed by atoms with Crippen LogP contribution in [0.15, 0.2) is 65.6 Å². The number of halogens is 2. The molecule has 0 radical (unpaired) electrons. The standard InChI is InChI=1S/C33H33F2N5O8/c1-47-30(45)20-8-6-19(7-9-20)16-40-23-5-3-2-4-21(23)22-17-38(14-12-24(22)40)28(43)11-10-27(42)36-26-13-15-39(32(46)37-26)31-33(34,35)29(44)25(18-41)48-31/h2-9,13,15,25,29,31,41,44H,10-12,14,16-18H2,1H3,(H,36,37,42,46). The van der Waals surface area contributed by atoms with Crippen molar-refractivity contribution in [3.63, 3.8) is 0 Å². The summed E-state index contributed by atoms with van der Waals surface area (Å²) >= 11 is 0. The number of hydrogen-bond donors (Lipinski definition) is 3. The summed E-state index contributed by atoms with van der Waals surface area (Å²) in [5.74, 6) is -5.30. The second-order valence-electron chi connectivity index (χ2n) is 11.7. The second kappa shape index (κ2) is 13.3. The number of nitrogens with zero attached hydrogens (tertiary/aromatic N) is 4. The second-order valence-corrected chi connectivity index (χ2v) is 11.7. The lowest BCUT2D eigenvalue weighted by Gasteiger charge is -2.28. The van der Waals surface area contributed by atoms with Gasteiger partial charge in [0.2, 0.25) is 18.0 Å². The zero-order chi connectivity index (χ0) is 34.2. The molecule has 15 heteroatoms. The highest BCUT2D eigenvalue weighted by Gasteiger charge is 2.59. The number of fused-ring (bicyclic) bond motifs is 3. The number of rotatable bonds is 9. The minimum absolute atomic E-state index is 0.105. The van der Waals surface area contributed by atoms with Crippen molar-refractivity contribution >= 4 is 34.5 Å². The largest absolute Gasteiger partial charge is 0.465 e. The number of ether oxygens (including phenoxy) is 2. The van der Waals surface area contributed by atoms with Gasteiger partial charge < -0.3 is 34.5 Å². The smallest absolute Gasteiger partial charge is 0.351 e. The fraction of sp³-hybridized carbons (Fsp3) is 0.364. The zero-order valence-electron chi connectivity index (χ0n) is 25.8. The number of carbonyl (C=O) groups is 3. The molecular weight excluding hydrogens is 632 g/mol. The highest BCUT2D eigenvalue weighted by atomic mass is 19.3. The molecule has 1 saturated heterocycles. The van der Waals surface area contributed by atoms with Crippen LogP contribution in [0.4, 0.5) is 14.6 Å². The van der Waals surface area contributed by atoms with Crippen LogP contribution in [-0.4, -0.2) is 85.4 Å². The van der Waals surface area contributed by atoms with Crippen LogP contribution in [0.3, 0.4) is 0 Å². The Bertz CT molecular complexity index is 1930. The van der Waals surface area contributed by atoms with Crippen LogP contribution >= 0.6 is 0 Å². The van der Waals surface area contributed by atoms with Gasteiger partial charge in [-0.05, 0) is 29.8 Å². The van der Waals surface area contributed by atoms with Crippen LogP contribution in [0.5, 0.6) is 0 Å². The van der Waals surface area contributed by atoms with E-state index in [1.165, 1.54) is 7.11 Å². The van der Waals surface area contributed by atoms with E-state index in [9.17, 15) is 38.2 Å². The lowest BCUT2D eigenvalue weighted by Crippen LogP contribution is -2.41.